The number of aliphatic hydroxyl groups is 2. The number of benzene rings is 1. The average Bonchev–Trinajstić information content (AvgIpc) is 2.63. The summed E-state index contributed by atoms with van der Waals surface area (Å²) in [5.74, 6) is -3.08. The Balaban J connectivity index is 2.03. The molecule has 4 N–H and O–H groups in total. The molecule has 1 amide bonds. The van der Waals surface area contributed by atoms with E-state index >= 15 is 0 Å². The molecule has 7 nitrogen and oxygen atoms in total. The van der Waals surface area contributed by atoms with Crippen molar-refractivity contribution in [1.29, 1.82) is 0 Å². The first kappa shape index (κ1) is 20.9. The Bertz CT molecular complexity index is 711. The summed E-state index contributed by atoms with van der Waals surface area (Å²) in [7, 11) is 0. The summed E-state index contributed by atoms with van der Waals surface area (Å²) in [6, 6.07) is 2.25. The second-order valence-corrected chi connectivity index (χ2v) is 6.27. The number of amides is 1. The summed E-state index contributed by atoms with van der Waals surface area (Å²) >= 11 is 0. The number of nitrogens with one attached hydrogen (secondary N) is 1. The van der Waals surface area contributed by atoms with Gasteiger partial charge in [0, 0.05) is 18.1 Å². The summed E-state index contributed by atoms with van der Waals surface area (Å²) in [4.78, 5) is 23.2. The number of rotatable bonds is 7. The van der Waals surface area contributed by atoms with Crippen molar-refractivity contribution < 1.29 is 38.4 Å². The zero-order valence-electron chi connectivity index (χ0n) is 14.3. The van der Waals surface area contributed by atoms with Gasteiger partial charge in [-0.15, -0.1) is 0 Å². The van der Waals surface area contributed by atoms with E-state index in [0.29, 0.717) is 0 Å². The Morgan fingerprint density at radius 2 is 2.07 bits per heavy atom. The van der Waals surface area contributed by atoms with E-state index in [1.807, 2.05) is 0 Å². The van der Waals surface area contributed by atoms with Gasteiger partial charge in [0.25, 0.3) is 0 Å². The Labute approximate surface area is 154 Å². The molecule has 1 aromatic rings. The van der Waals surface area contributed by atoms with Crippen LogP contribution in [0.5, 0.6) is 0 Å². The second kappa shape index (κ2) is 9.54. The molecule has 0 aromatic heterocycles. The number of ether oxygens (including phenoxy) is 1. The monoisotopic (exact) mass is 385 g/mol. The third-order valence-electron chi connectivity index (χ3n) is 4.22. The molecule has 9 heteroatoms. The molecule has 0 spiro atoms. The van der Waals surface area contributed by atoms with Gasteiger partial charge in [-0.25, -0.2) is 13.6 Å². The number of hydrogen-bond acceptors (Lipinski definition) is 5. The van der Waals surface area contributed by atoms with Crippen LogP contribution in [-0.2, 0) is 14.3 Å². The molecule has 0 radical (unpaired) electrons. The number of carbonyl (C=O) groups excluding carboxylic acids is 1. The molecule has 0 bridgehead atoms. The first-order chi connectivity index (χ1) is 12.8. The maximum atomic E-state index is 13.6. The zero-order chi connectivity index (χ0) is 20.0. The van der Waals surface area contributed by atoms with Gasteiger partial charge in [0.1, 0.15) is 11.6 Å². The van der Waals surface area contributed by atoms with Gasteiger partial charge in [-0.1, -0.05) is 0 Å². The van der Waals surface area contributed by atoms with Gasteiger partial charge in [-0.2, -0.15) is 0 Å². The number of halogens is 2. The van der Waals surface area contributed by atoms with Gasteiger partial charge >= 0.3 is 5.97 Å². The third-order valence-corrected chi connectivity index (χ3v) is 4.22. The van der Waals surface area contributed by atoms with Crippen molar-refractivity contribution >= 4 is 18.0 Å². The molecule has 1 aliphatic heterocycles. The summed E-state index contributed by atoms with van der Waals surface area (Å²) < 4.78 is 32.1. The summed E-state index contributed by atoms with van der Waals surface area (Å²) in [5, 5.41) is 30.3. The summed E-state index contributed by atoms with van der Waals surface area (Å²) in [6.45, 7) is -0.531. The SMILES string of the molecule is O=C(/C=C/c1cc(F)ccc1F)N[C@@H]1CC[C@@H](C(=O)O)O[C@@H]1C[C@@H](O)CO. The average molecular weight is 385 g/mol. The standard InChI is InChI=1S/C18H21F2NO6/c19-11-2-3-13(20)10(7-11)1-6-17(24)21-14-4-5-15(18(25)26)27-16(14)8-12(23)9-22/h1-3,6-7,12,14-16,22-23H,4-5,8-9H2,(H,21,24)(H,25,26)/b6-1+/t12-,14-,15+,16-/m1/s1. The molecule has 2 rings (SSSR count). The lowest BCUT2D eigenvalue weighted by molar-refractivity contribution is -0.164. The van der Waals surface area contributed by atoms with Gasteiger partial charge in [-0.05, 0) is 37.1 Å². The summed E-state index contributed by atoms with van der Waals surface area (Å²) in [5.41, 5.74) is -0.0942. The lowest BCUT2D eigenvalue weighted by Gasteiger charge is -2.36. The molecule has 0 aliphatic carbocycles. The quantitative estimate of drug-likeness (QED) is 0.517. The minimum Gasteiger partial charge on any atom is -0.479 e. The predicted molar refractivity (Wildman–Crippen MR) is 90.6 cm³/mol. The van der Waals surface area contributed by atoms with Crippen molar-refractivity contribution in [2.24, 2.45) is 0 Å². The Morgan fingerprint density at radius 1 is 1.33 bits per heavy atom. The van der Waals surface area contributed by atoms with Gasteiger partial charge in [0.15, 0.2) is 6.10 Å². The van der Waals surface area contributed by atoms with Crippen LogP contribution in [0.3, 0.4) is 0 Å². The fourth-order valence-corrected chi connectivity index (χ4v) is 2.84. The van der Waals surface area contributed by atoms with Crippen LogP contribution in [0.25, 0.3) is 6.08 Å². The van der Waals surface area contributed by atoms with Gasteiger partial charge < -0.3 is 25.4 Å². The van der Waals surface area contributed by atoms with Gasteiger partial charge in [0.2, 0.25) is 5.91 Å². The molecule has 1 heterocycles. The van der Waals surface area contributed by atoms with Crippen LogP contribution in [0.1, 0.15) is 24.8 Å². The number of aliphatic hydroxyl groups excluding tert-OH is 2. The molecule has 27 heavy (non-hydrogen) atoms. The highest BCUT2D eigenvalue weighted by atomic mass is 19.1. The van der Waals surface area contributed by atoms with Crippen LogP contribution in [0.2, 0.25) is 0 Å². The normalized spacial score (nSPS) is 23.9. The lowest BCUT2D eigenvalue weighted by atomic mass is 9.94. The van der Waals surface area contributed by atoms with Crippen LogP contribution in [0, 0.1) is 11.6 Å². The number of carboxylic acid groups (broad SMARTS) is 1. The molecule has 1 aromatic carbocycles. The lowest BCUT2D eigenvalue weighted by Crippen LogP contribution is -2.51. The predicted octanol–water partition coefficient (Wildman–Crippen LogP) is 0.838. The highest BCUT2D eigenvalue weighted by Gasteiger charge is 2.36. The van der Waals surface area contributed by atoms with Crippen LogP contribution in [0.15, 0.2) is 24.3 Å². The van der Waals surface area contributed by atoms with E-state index in [4.69, 9.17) is 14.9 Å². The molecule has 1 fully saturated rings. The first-order valence-corrected chi connectivity index (χ1v) is 8.41. The van der Waals surface area contributed by atoms with Crippen LogP contribution < -0.4 is 5.32 Å². The number of carboxylic acids is 1. The second-order valence-electron chi connectivity index (χ2n) is 6.27. The largest absolute Gasteiger partial charge is 0.479 e. The van der Waals surface area contributed by atoms with E-state index in [9.17, 15) is 23.5 Å². The summed E-state index contributed by atoms with van der Waals surface area (Å²) in [6.07, 6.45) is -0.472. The van der Waals surface area contributed by atoms with Crippen molar-refractivity contribution in [2.75, 3.05) is 6.61 Å². The van der Waals surface area contributed by atoms with E-state index in [-0.39, 0.29) is 24.8 Å². The fraction of sp³-hybridized carbons (Fsp3) is 0.444. The molecule has 1 saturated heterocycles. The zero-order valence-corrected chi connectivity index (χ0v) is 14.3. The molecule has 0 saturated carbocycles. The topological polar surface area (TPSA) is 116 Å². The van der Waals surface area contributed by atoms with Crippen molar-refractivity contribution in [2.45, 2.75) is 43.6 Å². The molecular weight excluding hydrogens is 364 g/mol. The number of carbonyl (C=O) groups is 2. The van der Waals surface area contributed by atoms with Gasteiger partial charge in [0.05, 0.1) is 24.9 Å². The third kappa shape index (κ3) is 6.09. The van der Waals surface area contributed by atoms with Crippen molar-refractivity contribution in [3.05, 3.63) is 41.5 Å². The van der Waals surface area contributed by atoms with Crippen molar-refractivity contribution in [3.63, 3.8) is 0 Å². The van der Waals surface area contributed by atoms with Crippen LogP contribution in [0.4, 0.5) is 8.78 Å². The number of hydrogen-bond donors (Lipinski definition) is 4. The smallest absolute Gasteiger partial charge is 0.332 e. The molecule has 1 aliphatic rings. The van der Waals surface area contributed by atoms with Crippen molar-refractivity contribution in [1.82, 2.24) is 5.32 Å². The molecular formula is C18H21F2NO6. The molecule has 148 valence electrons. The maximum Gasteiger partial charge on any atom is 0.332 e. The van der Waals surface area contributed by atoms with Crippen LogP contribution in [-0.4, -0.2) is 58.2 Å². The highest BCUT2D eigenvalue weighted by Crippen LogP contribution is 2.23. The first-order valence-electron chi connectivity index (χ1n) is 8.41. The minimum atomic E-state index is -1.15. The van der Waals surface area contributed by atoms with E-state index in [2.05, 4.69) is 5.32 Å². The van der Waals surface area contributed by atoms with E-state index in [1.54, 1.807) is 0 Å². The Kier molecular flexibility index (Phi) is 7.40. The van der Waals surface area contributed by atoms with Crippen LogP contribution >= 0.6 is 0 Å². The fourth-order valence-electron chi connectivity index (χ4n) is 2.84. The minimum absolute atomic E-state index is 0.0620. The van der Waals surface area contributed by atoms with E-state index in [1.165, 1.54) is 0 Å². The maximum absolute atomic E-state index is 13.6. The highest BCUT2D eigenvalue weighted by molar-refractivity contribution is 5.92. The van der Waals surface area contributed by atoms with Crippen molar-refractivity contribution in [3.8, 4) is 0 Å². The Hall–Kier alpha value is -2.36. The Morgan fingerprint density at radius 3 is 2.74 bits per heavy atom. The van der Waals surface area contributed by atoms with Gasteiger partial charge in [-0.3, -0.25) is 4.79 Å². The van der Waals surface area contributed by atoms with E-state index < -0.39 is 54.5 Å². The molecule has 4 atom stereocenters. The molecule has 0 unspecified atom stereocenters. The number of aliphatic carboxylic acids is 1. The van der Waals surface area contributed by atoms with E-state index in [0.717, 1.165) is 30.4 Å².